The normalized spacial score (nSPS) is 12.1. The van der Waals surface area contributed by atoms with Gasteiger partial charge in [0, 0.05) is 24.5 Å². The van der Waals surface area contributed by atoms with Crippen LogP contribution in [0.3, 0.4) is 0 Å². The first kappa shape index (κ1) is 20.3. The van der Waals surface area contributed by atoms with Crippen LogP contribution in [0.2, 0.25) is 0 Å². The van der Waals surface area contributed by atoms with Gasteiger partial charge in [0.15, 0.2) is 0 Å². The van der Waals surface area contributed by atoms with E-state index in [1.807, 2.05) is 35.7 Å². The zero-order chi connectivity index (χ0) is 19.8. The van der Waals surface area contributed by atoms with Gasteiger partial charge >= 0.3 is 0 Å². The van der Waals surface area contributed by atoms with Crippen LogP contribution < -0.4 is 9.47 Å². The second kappa shape index (κ2) is 10.2. The molecule has 148 valence electrons. The number of nitrogens with zero attached hydrogens (tertiary/aromatic N) is 1. The van der Waals surface area contributed by atoms with E-state index in [1.165, 1.54) is 17.0 Å². The van der Waals surface area contributed by atoms with Crippen molar-refractivity contribution < 1.29 is 19.0 Å². The number of halogens is 1. The first-order valence-electron chi connectivity index (χ1n) is 9.06. The van der Waals surface area contributed by atoms with Crippen molar-refractivity contribution in [3.05, 3.63) is 82.3 Å². The Kier molecular flexibility index (Phi) is 7.42. The molecule has 1 heterocycles. The molecule has 28 heavy (non-hydrogen) atoms. The van der Waals surface area contributed by atoms with Crippen molar-refractivity contribution in [2.75, 3.05) is 20.3 Å². The average Bonchev–Trinajstić information content (AvgIpc) is 3.21. The molecule has 0 aliphatic rings. The number of aliphatic hydroxyl groups is 1. The lowest BCUT2D eigenvalue weighted by Crippen LogP contribution is -2.34. The molecule has 1 aromatic heterocycles. The van der Waals surface area contributed by atoms with Crippen molar-refractivity contribution in [3.63, 3.8) is 0 Å². The molecular formula is C22H24FNO3S. The highest BCUT2D eigenvalue weighted by Gasteiger charge is 2.14. The molecule has 0 aliphatic heterocycles. The molecule has 0 fully saturated rings. The fourth-order valence-corrected chi connectivity index (χ4v) is 3.62. The van der Waals surface area contributed by atoms with Crippen LogP contribution in [0.25, 0.3) is 0 Å². The minimum atomic E-state index is -0.650. The van der Waals surface area contributed by atoms with E-state index in [1.54, 1.807) is 30.6 Å². The molecule has 3 rings (SSSR count). The number of thiophene rings is 1. The molecule has 3 aromatic rings. The zero-order valence-corrected chi connectivity index (χ0v) is 16.6. The van der Waals surface area contributed by atoms with E-state index < -0.39 is 6.10 Å². The highest BCUT2D eigenvalue weighted by atomic mass is 32.1. The maximum Gasteiger partial charge on any atom is 0.123 e. The van der Waals surface area contributed by atoms with Gasteiger partial charge in [0.05, 0.1) is 7.11 Å². The fraction of sp³-hybridized carbons (Fsp3) is 0.273. The summed E-state index contributed by atoms with van der Waals surface area (Å²) in [4.78, 5) is 3.35. The Morgan fingerprint density at radius 3 is 2.36 bits per heavy atom. The minimum Gasteiger partial charge on any atom is -0.497 e. The van der Waals surface area contributed by atoms with Gasteiger partial charge in [-0.15, -0.1) is 11.3 Å². The van der Waals surface area contributed by atoms with Crippen molar-refractivity contribution in [1.29, 1.82) is 0 Å². The van der Waals surface area contributed by atoms with Crippen molar-refractivity contribution in [2.24, 2.45) is 0 Å². The Morgan fingerprint density at radius 2 is 1.71 bits per heavy atom. The Hall–Kier alpha value is -2.41. The van der Waals surface area contributed by atoms with Crippen molar-refractivity contribution >= 4 is 11.3 Å². The number of hydrogen-bond donors (Lipinski definition) is 1. The monoisotopic (exact) mass is 401 g/mol. The Morgan fingerprint density at radius 1 is 1.00 bits per heavy atom. The van der Waals surface area contributed by atoms with Crippen molar-refractivity contribution in [1.82, 2.24) is 4.90 Å². The molecule has 2 aromatic carbocycles. The van der Waals surface area contributed by atoms with Crippen LogP contribution in [0.4, 0.5) is 4.39 Å². The van der Waals surface area contributed by atoms with Crippen LogP contribution in [0, 0.1) is 5.82 Å². The number of methoxy groups -OCH3 is 1. The molecule has 0 saturated heterocycles. The van der Waals surface area contributed by atoms with Crippen molar-refractivity contribution in [3.8, 4) is 11.5 Å². The van der Waals surface area contributed by atoms with Crippen LogP contribution >= 0.6 is 11.3 Å². The third kappa shape index (κ3) is 6.34. The van der Waals surface area contributed by atoms with Gasteiger partial charge in [-0.3, -0.25) is 4.90 Å². The van der Waals surface area contributed by atoms with Gasteiger partial charge in [-0.25, -0.2) is 4.39 Å². The van der Waals surface area contributed by atoms with Gasteiger partial charge in [0.25, 0.3) is 0 Å². The molecule has 0 unspecified atom stereocenters. The van der Waals surface area contributed by atoms with E-state index in [9.17, 15) is 9.50 Å². The molecule has 4 nitrogen and oxygen atoms in total. The van der Waals surface area contributed by atoms with Gasteiger partial charge < -0.3 is 14.6 Å². The number of aliphatic hydroxyl groups excluding tert-OH is 1. The molecule has 1 N–H and O–H groups in total. The van der Waals surface area contributed by atoms with E-state index in [-0.39, 0.29) is 12.4 Å². The van der Waals surface area contributed by atoms with Gasteiger partial charge in [-0.2, -0.15) is 0 Å². The maximum atomic E-state index is 13.2. The Balaban J connectivity index is 1.57. The molecular weight excluding hydrogens is 377 g/mol. The molecule has 6 heteroatoms. The molecule has 0 aliphatic carbocycles. The van der Waals surface area contributed by atoms with Gasteiger partial charge in [-0.1, -0.05) is 18.2 Å². The van der Waals surface area contributed by atoms with Crippen molar-refractivity contribution in [2.45, 2.75) is 19.2 Å². The first-order chi connectivity index (χ1) is 13.6. The predicted octanol–water partition coefficient (Wildman–Crippen LogP) is 4.34. The fourth-order valence-electron chi connectivity index (χ4n) is 2.87. The van der Waals surface area contributed by atoms with Crippen LogP contribution in [-0.2, 0) is 13.1 Å². The summed E-state index contributed by atoms with van der Waals surface area (Å²) in [5, 5.41) is 12.5. The summed E-state index contributed by atoms with van der Waals surface area (Å²) in [5.41, 5.74) is 1.00. The first-order valence-corrected chi connectivity index (χ1v) is 9.94. The molecule has 0 radical (unpaired) electrons. The Bertz CT molecular complexity index is 822. The largest absolute Gasteiger partial charge is 0.497 e. The number of hydrogen-bond acceptors (Lipinski definition) is 5. The summed E-state index contributed by atoms with van der Waals surface area (Å²) in [6.07, 6.45) is -0.650. The van der Waals surface area contributed by atoms with Crippen LogP contribution in [0.15, 0.2) is 66.0 Å². The smallest absolute Gasteiger partial charge is 0.123 e. The van der Waals surface area contributed by atoms with Crippen LogP contribution in [-0.4, -0.2) is 36.4 Å². The Labute approximate surface area is 168 Å². The third-order valence-corrected chi connectivity index (χ3v) is 5.11. The highest BCUT2D eigenvalue weighted by Crippen LogP contribution is 2.18. The molecule has 0 amide bonds. The summed E-state index contributed by atoms with van der Waals surface area (Å²) in [7, 11) is 1.61. The quantitative estimate of drug-likeness (QED) is 0.549. The standard InChI is InChI=1S/C22H24FNO3S/c1-26-20-8-10-21(11-9-20)27-16-19(25)14-24(15-22-3-2-12-28-22)13-17-4-6-18(23)7-5-17/h2-12,19,25H,13-16H2,1H3/t19-/m1/s1. The third-order valence-electron chi connectivity index (χ3n) is 4.25. The SMILES string of the molecule is COc1ccc(OC[C@H](O)CN(Cc2ccc(F)cc2)Cc2cccs2)cc1. The zero-order valence-electron chi connectivity index (χ0n) is 15.8. The summed E-state index contributed by atoms with van der Waals surface area (Å²) >= 11 is 1.68. The predicted molar refractivity (Wildman–Crippen MR) is 109 cm³/mol. The van der Waals surface area contributed by atoms with Crippen LogP contribution in [0.1, 0.15) is 10.4 Å². The van der Waals surface area contributed by atoms with E-state index in [4.69, 9.17) is 9.47 Å². The topological polar surface area (TPSA) is 41.9 Å². The highest BCUT2D eigenvalue weighted by molar-refractivity contribution is 7.09. The van der Waals surface area contributed by atoms with Crippen LogP contribution in [0.5, 0.6) is 11.5 Å². The number of ether oxygens (including phenoxy) is 2. The molecule has 0 saturated carbocycles. The van der Waals surface area contributed by atoms with Gasteiger partial charge in [0.2, 0.25) is 0 Å². The van der Waals surface area contributed by atoms with Gasteiger partial charge in [0.1, 0.15) is 30.0 Å². The molecule has 1 atom stereocenters. The summed E-state index contributed by atoms with van der Waals surface area (Å²) < 4.78 is 24.0. The van der Waals surface area contributed by atoms with E-state index in [0.717, 1.165) is 11.3 Å². The van der Waals surface area contributed by atoms with E-state index in [0.29, 0.717) is 25.4 Å². The lowest BCUT2D eigenvalue weighted by atomic mass is 10.2. The van der Waals surface area contributed by atoms with Gasteiger partial charge in [-0.05, 0) is 53.4 Å². The van der Waals surface area contributed by atoms with E-state index in [2.05, 4.69) is 11.0 Å². The molecule has 0 bridgehead atoms. The minimum absolute atomic E-state index is 0.191. The second-order valence-corrected chi connectivity index (χ2v) is 7.55. The summed E-state index contributed by atoms with van der Waals surface area (Å²) in [6, 6.07) is 17.8. The van der Waals surface area contributed by atoms with E-state index >= 15 is 0 Å². The number of rotatable bonds is 10. The molecule has 0 spiro atoms. The summed E-state index contributed by atoms with van der Waals surface area (Å²) in [5.74, 6) is 1.19. The summed E-state index contributed by atoms with van der Waals surface area (Å²) in [6.45, 7) is 1.98. The maximum absolute atomic E-state index is 13.2. The average molecular weight is 402 g/mol. The lowest BCUT2D eigenvalue weighted by Gasteiger charge is -2.25. The number of benzene rings is 2. The second-order valence-electron chi connectivity index (χ2n) is 6.52. The lowest BCUT2D eigenvalue weighted by molar-refractivity contribution is 0.0632.